The fourth-order valence-corrected chi connectivity index (χ4v) is 4.72. The quantitative estimate of drug-likeness (QED) is 0.743. The predicted molar refractivity (Wildman–Crippen MR) is 113 cm³/mol. The minimum Gasteiger partial charge on any atom is -0.493 e. The molecule has 0 bridgehead atoms. The maximum atomic E-state index is 13.2. The van der Waals surface area contributed by atoms with Gasteiger partial charge in [-0.25, -0.2) is 4.68 Å². The molecule has 7 nitrogen and oxygen atoms in total. The second kappa shape index (κ2) is 7.40. The van der Waals surface area contributed by atoms with Crippen LogP contribution in [0.4, 0.5) is 5.95 Å². The number of hydrogen-bond acceptors (Lipinski definition) is 7. The van der Waals surface area contributed by atoms with E-state index < -0.39 is 0 Å². The normalized spacial score (nSPS) is 22.2. The zero-order valence-corrected chi connectivity index (χ0v) is 18.2. The van der Waals surface area contributed by atoms with Crippen molar-refractivity contribution < 1.29 is 14.3 Å². The fraction of sp³-hybridized carbons (Fsp3) is 0.476. The topological polar surface area (TPSA) is 78.3 Å². The van der Waals surface area contributed by atoms with Crippen LogP contribution < -0.4 is 14.8 Å². The molecule has 29 heavy (non-hydrogen) atoms. The molecule has 1 aliphatic carbocycles. The van der Waals surface area contributed by atoms with E-state index in [2.05, 4.69) is 37.1 Å². The summed E-state index contributed by atoms with van der Waals surface area (Å²) in [6, 6.07) is 5.48. The Morgan fingerprint density at radius 3 is 2.72 bits per heavy atom. The number of aromatic nitrogens is 3. The predicted octanol–water partition coefficient (Wildman–Crippen LogP) is 3.92. The number of nitrogens with zero attached hydrogens (tertiary/aromatic N) is 3. The van der Waals surface area contributed by atoms with Gasteiger partial charge in [0.25, 0.3) is 0 Å². The van der Waals surface area contributed by atoms with Gasteiger partial charge < -0.3 is 14.8 Å². The number of anilines is 1. The smallest absolute Gasteiger partial charge is 0.227 e. The average molecular weight is 415 g/mol. The lowest BCUT2D eigenvalue weighted by atomic mass is 9.72. The molecular formula is C21H26N4O3S. The third kappa shape index (κ3) is 3.50. The second-order valence-corrected chi connectivity index (χ2v) is 9.22. The highest BCUT2D eigenvalue weighted by Gasteiger charge is 2.45. The molecule has 1 N–H and O–H groups in total. The minimum absolute atomic E-state index is 0.193. The number of ether oxygens (including phenoxy) is 2. The molecule has 1 aromatic heterocycles. The van der Waals surface area contributed by atoms with Crippen molar-refractivity contribution in [2.24, 2.45) is 11.3 Å². The summed E-state index contributed by atoms with van der Waals surface area (Å²) in [5, 5.41) is 8.79. The lowest BCUT2D eigenvalue weighted by Gasteiger charge is -2.40. The molecular weight excluding hydrogens is 388 g/mol. The van der Waals surface area contributed by atoms with Crippen LogP contribution in [0.1, 0.15) is 38.8 Å². The Morgan fingerprint density at radius 2 is 2.03 bits per heavy atom. The van der Waals surface area contributed by atoms with E-state index in [1.165, 1.54) is 0 Å². The van der Waals surface area contributed by atoms with Crippen molar-refractivity contribution in [3.8, 4) is 11.5 Å². The fourth-order valence-electron chi connectivity index (χ4n) is 4.17. The van der Waals surface area contributed by atoms with Crippen LogP contribution in [0.5, 0.6) is 11.5 Å². The maximum absolute atomic E-state index is 13.2. The molecule has 0 amide bonds. The van der Waals surface area contributed by atoms with Gasteiger partial charge in [0.05, 0.1) is 26.2 Å². The van der Waals surface area contributed by atoms with Crippen LogP contribution in [-0.2, 0) is 4.79 Å². The lowest BCUT2D eigenvalue weighted by molar-refractivity contribution is -0.125. The molecule has 2 atom stereocenters. The molecule has 0 fully saturated rings. The molecule has 0 spiro atoms. The summed E-state index contributed by atoms with van der Waals surface area (Å²) in [6.07, 6.45) is 2.66. The number of hydrogen-bond donors (Lipinski definition) is 1. The number of ketones is 1. The van der Waals surface area contributed by atoms with E-state index in [0.29, 0.717) is 29.0 Å². The van der Waals surface area contributed by atoms with Gasteiger partial charge in [-0.3, -0.25) is 4.79 Å². The highest BCUT2D eigenvalue weighted by Crippen LogP contribution is 2.46. The number of carbonyl (C=O) groups excluding carboxylic acids is 1. The Hall–Kier alpha value is -2.48. The number of carbonyl (C=O) groups is 1. The SMILES string of the molecule is CCSc1nc2n(n1)[C@@H](c1ccc(OC)c(OC)c1)[C@@H]1C(=O)CC(C)(C)C=C1N2. The van der Waals surface area contributed by atoms with Gasteiger partial charge in [-0.05, 0) is 28.9 Å². The van der Waals surface area contributed by atoms with E-state index in [0.717, 1.165) is 17.0 Å². The molecule has 1 aromatic carbocycles. The molecule has 2 heterocycles. The van der Waals surface area contributed by atoms with Gasteiger partial charge in [0.15, 0.2) is 11.5 Å². The number of allylic oxidation sites excluding steroid dienone is 2. The summed E-state index contributed by atoms with van der Waals surface area (Å²) < 4.78 is 12.7. The van der Waals surface area contributed by atoms with Crippen molar-refractivity contribution in [2.45, 2.75) is 38.4 Å². The summed E-state index contributed by atoms with van der Waals surface area (Å²) in [7, 11) is 3.22. The first-order chi connectivity index (χ1) is 13.9. The van der Waals surface area contributed by atoms with E-state index >= 15 is 0 Å². The Morgan fingerprint density at radius 1 is 1.28 bits per heavy atom. The first-order valence-corrected chi connectivity index (χ1v) is 10.7. The molecule has 2 aliphatic rings. The summed E-state index contributed by atoms with van der Waals surface area (Å²) >= 11 is 1.58. The second-order valence-electron chi connectivity index (χ2n) is 7.99. The van der Waals surface area contributed by atoms with Gasteiger partial charge in [-0.15, -0.1) is 5.10 Å². The number of nitrogens with one attached hydrogen (secondary N) is 1. The highest BCUT2D eigenvalue weighted by atomic mass is 32.2. The molecule has 1 aliphatic heterocycles. The zero-order valence-electron chi connectivity index (χ0n) is 17.4. The Bertz CT molecular complexity index is 982. The van der Waals surface area contributed by atoms with Gasteiger partial charge >= 0.3 is 0 Å². The van der Waals surface area contributed by atoms with Crippen LogP contribution in [-0.4, -0.2) is 40.5 Å². The van der Waals surface area contributed by atoms with Crippen molar-refractivity contribution in [3.05, 3.63) is 35.5 Å². The molecule has 2 aromatic rings. The van der Waals surface area contributed by atoms with Crippen molar-refractivity contribution in [1.82, 2.24) is 14.8 Å². The van der Waals surface area contributed by atoms with Gasteiger partial charge in [0, 0.05) is 12.1 Å². The number of methoxy groups -OCH3 is 2. The van der Waals surface area contributed by atoms with Gasteiger partial charge in [0.1, 0.15) is 5.78 Å². The molecule has 0 radical (unpaired) electrons. The van der Waals surface area contributed by atoms with Crippen LogP contribution in [0.2, 0.25) is 0 Å². The Labute approximate surface area is 174 Å². The van der Waals surface area contributed by atoms with Crippen molar-refractivity contribution in [1.29, 1.82) is 0 Å². The highest BCUT2D eigenvalue weighted by molar-refractivity contribution is 7.99. The van der Waals surface area contributed by atoms with Crippen molar-refractivity contribution in [2.75, 3.05) is 25.3 Å². The minimum atomic E-state index is -0.338. The zero-order chi connectivity index (χ0) is 20.8. The van der Waals surface area contributed by atoms with Crippen molar-refractivity contribution >= 4 is 23.5 Å². The van der Waals surface area contributed by atoms with E-state index in [1.807, 2.05) is 22.9 Å². The van der Waals surface area contributed by atoms with Gasteiger partial charge in [-0.2, -0.15) is 4.98 Å². The van der Waals surface area contributed by atoms with Crippen LogP contribution in [0.25, 0.3) is 0 Å². The van der Waals surface area contributed by atoms with Crippen LogP contribution >= 0.6 is 11.8 Å². The molecule has 0 unspecified atom stereocenters. The maximum Gasteiger partial charge on any atom is 0.227 e. The van der Waals surface area contributed by atoms with Crippen LogP contribution in [0.15, 0.2) is 35.1 Å². The lowest BCUT2D eigenvalue weighted by Crippen LogP contribution is -2.42. The summed E-state index contributed by atoms with van der Waals surface area (Å²) in [5.74, 6) is 2.68. The first-order valence-electron chi connectivity index (χ1n) is 9.70. The van der Waals surface area contributed by atoms with E-state index in [4.69, 9.17) is 14.6 Å². The molecule has 4 rings (SSSR count). The number of rotatable bonds is 5. The number of Topliss-reactive ketones (excluding diaryl/α,β-unsaturated/α-hetero) is 1. The van der Waals surface area contributed by atoms with Crippen molar-refractivity contribution in [3.63, 3.8) is 0 Å². The summed E-state index contributed by atoms with van der Waals surface area (Å²) in [4.78, 5) is 17.9. The van der Waals surface area contributed by atoms with Crippen LogP contribution in [0, 0.1) is 11.3 Å². The number of thioether (sulfide) groups is 1. The third-order valence-corrected chi connectivity index (χ3v) is 6.05. The number of benzene rings is 1. The Balaban J connectivity index is 1.89. The summed E-state index contributed by atoms with van der Waals surface area (Å²) in [6.45, 7) is 6.23. The Kier molecular flexibility index (Phi) is 5.06. The van der Waals surface area contributed by atoms with Gasteiger partial charge in [0.2, 0.25) is 11.1 Å². The average Bonchev–Trinajstić information content (AvgIpc) is 3.07. The monoisotopic (exact) mass is 414 g/mol. The van der Waals surface area contributed by atoms with E-state index in [1.54, 1.807) is 26.0 Å². The van der Waals surface area contributed by atoms with Crippen LogP contribution in [0.3, 0.4) is 0 Å². The molecule has 0 saturated carbocycles. The first kappa shape index (κ1) is 19.8. The molecule has 8 heteroatoms. The summed E-state index contributed by atoms with van der Waals surface area (Å²) in [5.41, 5.74) is 1.65. The molecule has 154 valence electrons. The molecule has 0 saturated heterocycles. The van der Waals surface area contributed by atoms with Gasteiger partial charge in [-0.1, -0.05) is 44.7 Å². The standard InChI is InChI=1S/C21H26N4O3S/c1-6-29-20-23-19-22-13-10-21(2,3)11-14(26)17(13)18(25(19)24-20)12-7-8-15(27-4)16(9-12)28-5/h7-10,17-18H,6,11H2,1-5H3,(H,22,23,24)/t17-,18-/m0/s1. The third-order valence-electron chi connectivity index (χ3n) is 5.33. The largest absolute Gasteiger partial charge is 0.493 e. The van der Waals surface area contributed by atoms with E-state index in [9.17, 15) is 4.79 Å². The number of fused-ring (bicyclic) bond motifs is 2. The van der Waals surface area contributed by atoms with E-state index in [-0.39, 0.29) is 23.2 Å².